The minimum atomic E-state index is 0.153. The first-order valence-corrected chi connectivity index (χ1v) is 6.97. The molecule has 0 aliphatic rings. The van der Waals surface area contributed by atoms with Crippen LogP contribution in [0, 0.1) is 6.92 Å². The van der Waals surface area contributed by atoms with Crippen LogP contribution in [0.1, 0.15) is 22.7 Å². The van der Waals surface area contributed by atoms with E-state index in [0.717, 1.165) is 9.50 Å². The third-order valence-electron chi connectivity index (χ3n) is 3.00. The molecule has 2 rings (SSSR count). The summed E-state index contributed by atoms with van der Waals surface area (Å²) in [6.45, 7) is 2.08. The molecule has 2 aromatic rings. The van der Waals surface area contributed by atoms with Crippen LogP contribution < -0.4 is 5.32 Å². The summed E-state index contributed by atoms with van der Waals surface area (Å²) in [6.07, 6.45) is 0. The first kappa shape index (κ1) is 13.6. The molecule has 3 heteroatoms. The number of benzene rings is 2. The van der Waals surface area contributed by atoms with Gasteiger partial charge in [0, 0.05) is 9.50 Å². The molecule has 0 radical (unpaired) electrons. The highest BCUT2D eigenvalue weighted by Gasteiger charge is 2.12. The maximum absolute atomic E-state index is 6.05. The lowest BCUT2D eigenvalue weighted by atomic mass is 9.98. The van der Waals surface area contributed by atoms with Crippen LogP contribution in [0.25, 0.3) is 0 Å². The number of nitrogens with one attached hydrogen (secondary N) is 1. The Morgan fingerprint density at radius 3 is 2.44 bits per heavy atom. The molecular formula is C15H15BrClN. The van der Waals surface area contributed by atoms with E-state index in [0.29, 0.717) is 0 Å². The number of aryl methyl sites for hydroxylation is 1. The van der Waals surface area contributed by atoms with E-state index in [1.54, 1.807) is 0 Å². The molecular weight excluding hydrogens is 310 g/mol. The third-order valence-corrected chi connectivity index (χ3v) is 4.09. The SMILES string of the molecule is CNC(c1cccc(Cl)c1)c1ccc(C)c(Br)c1. The van der Waals surface area contributed by atoms with Crippen molar-refractivity contribution in [3.63, 3.8) is 0 Å². The van der Waals surface area contributed by atoms with E-state index in [4.69, 9.17) is 11.6 Å². The molecule has 0 saturated heterocycles. The molecule has 0 saturated carbocycles. The third kappa shape index (κ3) is 2.94. The number of hydrogen-bond donors (Lipinski definition) is 1. The van der Waals surface area contributed by atoms with Gasteiger partial charge in [-0.05, 0) is 48.9 Å². The van der Waals surface area contributed by atoms with Crippen LogP contribution in [0.3, 0.4) is 0 Å². The van der Waals surface area contributed by atoms with Crippen molar-refractivity contribution in [1.29, 1.82) is 0 Å². The second-order valence-corrected chi connectivity index (χ2v) is 5.58. The smallest absolute Gasteiger partial charge is 0.0575 e. The highest BCUT2D eigenvalue weighted by Crippen LogP contribution is 2.27. The van der Waals surface area contributed by atoms with Crippen LogP contribution in [-0.2, 0) is 0 Å². The Balaban J connectivity index is 2.42. The topological polar surface area (TPSA) is 12.0 Å². The summed E-state index contributed by atoms with van der Waals surface area (Å²) in [6, 6.07) is 14.5. The number of halogens is 2. The van der Waals surface area contributed by atoms with Crippen molar-refractivity contribution in [2.24, 2.45) is 0 Å². The molecule has 94 valence electrons. The average molecular weight is 325 g/mol. The van der Waals surface area contributed by atoms with E-state index in [2.05, 4.69) is 52.4 Å². The molecule has 1 N–H and O–H groups in total. The second-order valence-electron chi connectivity index (χ2n) is 4.29. The summed E-state index contributed by atoms with van der Waals surface area (Å²) >= 11 is 9.63. The Labute approximate surface area is 121 Å². The van der Waals surface area contributed by atoms with Gasteiger partial charge < -0.3 is 5.32 Å². The fourth-order valence-corrected chi connectivity index (χ4v) is 2.60. The molecule has 0 amide bonds. The normalized spacial score (nSPS) is 12.4. The summed E-state index contributed by atoms with van der Waals surface area (Å²) in [4.78, 5) is 0. The molecule has 1 nitrogen and oxygen atoms in total. The zero-order valence-electron chi connectivity index (χ0n) is 10.4. The first-order valence-electron chi connectivity index (χ1n) is 5.80. The lowest BCUT2D eigenvalue weighted by Gasteiger charge is -2.18. The van der Waals surface area contributed by atoms with Gasteiger partial charge in [0.1, 0.15) is 0 Å². The maximum Gasteiger partial charge on any atom is 0.0575 e. The van der Waals surface area contributed by atoms with E-state index in [1.165, 1.54) is 16.7 Å². The minimum Gasteiger partial charge on any atom is -0.309 e. The van der Waals surface area contributed by atoms with Crippen molar-refractivity contribution in [3.05, 3.63) is 68.7 Å². The van der Waals surface area contributed by atoms with Gasteiger partial charge >= 0.3 is 0 Å². The van der Waals surface area contributed by atoms with Crippen LogP contribution in [0.15, 0.2) is 46.9 Å². The van der Waals surface area contributed by atoms with Crippen molar-refractivity contribution in [2.75, 3.05) is 7.05 Å². The van der Waals surface area contributed by atoms with Gasteiger partial charge in [0.05, 0.1) is 6.04 Å². The molecule has 0 bridgehead atoms. The van der Waals surface area contributed by atoms with Gasteiger partial charge in [-0.15, -0.1) is 0 Å². The van der Waals surface area contributed by atoms with Crippen LogP contribution in [0.4, 0.5) is 0 Å². The zero-order valence-corrected chi connectivity index (χ0v) is 12.7. The number of hydrogen-bond acceptors (Lipinski definition) is 1. The fourth-order valence-electron chi connectivity index (χ4n) is 2.00. The highest BCUT2D eigenvalue weighted by molar-refractivity contribution is 9.10. The fraction of sp³-hybridized carbons (Fsp3) is 0.200. The van der Waals surface area contributed by atoms with Gasteiger partial charge in [-0.3, -0.25) is 0 Å². The highest BCUT2D eigenvalue weighted by atomic mass is 79.9. The Bertz CT molecular complexity index is 554. The van der Waals surface area contributed by atoms with Crippen LogP contribution in [-0.4, -0.2) is 7.05 Å². The summed E-state index contributed by atoms with van der Waals surface area (Å²) in [5, 5.41) is 4.09. The van der Waals surface area contributed by atoms with Gasteiger partial charge in [0.25, 0.3) is 0 Å². The monoisotopic (exact) mass is 323 g/mol. The molecule has 1 atom stereocenters. The molecule has 0 aliphatic heterocycles. The lowest BCUT2D eigenvalue weighted by molar-refractivity contribution is 0.691. The molecule has 0 aromatic heterocycles. The summed E-state index contributed by atoms with van der Waals surface area (Å²) in [5.41, 5.74) is 3.62. The van der Waals surface area contributed by atoms with Gasteiger partial charge in [-0.2, -0.15) is 0 Å². The predicted octanol–water partition coefficient (Wildman–Crippen LogP) is 4.72. The molecule has 0 aliphatic carbocycles. The Morgan fingerprint density at radius 2 is 1.83 bits per heavy atom. The minimum absolute atomic E-state index is 0.153. The van der Waals surface area contributed by atoms with E-state index in [-0.39, 0.29) is 6.04 Å². The van der Waals surface area contributed by atoms with Crippen LogP contribution >= 0.6 is 27.5 Å². The molecule has 0 fully saturated rings. The molecule has 0 spiro atoms. The Hall–Kier alpha value is -0.830. The Morgan fingerprint density at radius 1 is 1.11 bits per heavy atom. The molecule has 18 heavy (non-hydrogen) atoms. The van der Waals surface area contributed by atoms with Gasteiger partial charge in [-0.25, -0.2) is 0 Å². The van der Waals surface area contributed by atoms with Crippen LogP contribution in [0.2, 0.25) is 5.02 Å². The van der Waals surface area contributed by atoms with E-state index in [9.17, 15) is 0 Å². The molecule has 1 unspecified atom stereocenters. The standard InChI is InChI=1S/C15H15BrClN/c1-10-6-7-12(9-14(10)16)15(18-2)11-4-3-5-13(17)8-11/h3-9,15,18H,1-2H3. The Kier molecular flexibility index (Phi) is 4.44. The van der Waals surface area contributed by atoms with Gasteiger partial charge in [-0.1, -0.05) is 51.8 Å². The molecule has 0 heterocycles. The lowest BCUT2D eigenvalue weighted by Crippen LogP contribution is -2.17. The summed E-state index contributed by atoms with van der Waals surface area (Å²) in [7, 11) is 1.96. The number of rotatable bonds is 3. The van der Waals surface area contributed by atoms with Crippen LogP contribution in [0.5, 0.6) is 0 Å². The van der Waals surface area contributed by atoms with E-state index >= 15 is 0 Å². The van der Waals surface area contributed by atoms with Crippen molar-refractivity contribution >= 4 is 27.5 Å². The second kappa shape index (κ2) is 5.87. The van der Waals surface area contributed by atoms with Gasteiger partial charge in [0.2, 0.25) is 0 Å². The first-order chi connectivity index (χ1) is 8.61. The van der Waals surface area contributed by atoms with Crippen molar-refractivity contribution in [2.45, 2.75) is 13.0 Å². The predicted molar refractivity (Wildman–Crippen MR) is 81.2 cm³/mol. The van der Waals surface area contributed by atoms with Gasteiger partial charge in [0.15, 0.2) is 0 Å². The van der Waals surface area contributed by atoms with E-state index < -0.39 is 0 Å². The average Bonchev–Trinajstić information content (AvgIpc) is 2.35. The zero-order chi connectivity index (χ0) is 13.1. The van der Waals surface area contributed by atoms with Crippen molar-refractivity contribution < 1.29 is 0 Å². The molecule has 2 aromatic carbocycles. The largest absolute Gasteiger partial charge is 0.309 e. The van der Waals surface area contributed by atoms with Crippen molar-refractivity contribution in [1.82, 2.24) is 5.32 Å². The van der Waals surface area contributed by atoms with Crippen molar-refractivity contribution in [3.8, 4) is 0 Å². The maximum atomic E-state index is 6.05. The summed E-state index contributed by atoms with van der Waals surface area (Å²) < 4.78 is 1.13. The van der Waals surface area contributed by atoms with E-state index in [1.807, 2.05) is 25.2 Å². The summed E-state index contributed by atoms with van der Waals surface area (Å²) in [5.74, 6) is 0. The quantitative estimate of drug-likeness (QED) is 0.861.